The maximum absolute atomic E-state index is 12.7. The van der Waals surface area contributed by atoms with Gasteiger partial charge in [0.15, 0.2) is 5.69 Å². The Morgan fingerprint density at radius 3 is 2.43 bits per heavy atom. The molecule has 1 amide bonds. The summed E-state index contributed by atoms with van der Waals surface area (Å²) in [7, 11) is 0. The van der Waals surface area contributed by atoms with E-state index in [2.05, 4.69) is 4.98 Å². The van der Waals surface area contributed by atoms with E-state index < -0.39 is 40.6 Å². The molecule has 3 N–H and O–H groups in total. The van der Waals surface area contributed by atoms with Gasteiger partial charge in [0.2, 0.25) is 5.60 Å². The molecule has 1 heterocycles. The molecule has 0 aliphatic carbocycles. The van der Waals surface area contributed by atoms with Crippen LogP contribution >= 0.6 is 0 Å². The normalized spacial score (nSPS) is 13.9. The molecule has 1 atom stereocenters. The van der Waals surface area contributed by atoms with Crippen LogP contribution in [0.3, 0.4) is 0 Å². The summed E-state index contributed by atoms with van der Waals surface area (Å²) in [5, 5.41) is 28.3. The first-order chi connectivity index (χ1) is 9.50. The summed E-state index contributed by atoms with van der Waals surface area (Å²) in [5.41, 5.74) is -5.62. The van der Waals surface area contributed by atoms with Crippen molar-refractivity contribution >= 4 is 17.6 Å². The molecular weight excluding hydrogens is 295 g/mol. The fourth-order valence-electron chi connectivity index (χ4n) is 1.19. The van der Waals surface area contributed by atoms with Crippen molar-refractivity contribution in [1.82, 2.24) is 4.98 Å². The Kier molecular flexibility index (Phi) is 4.19. The second kappa shape index (κ2) is 5.37. The van der Waals surface area contributed by atoms with Crippen molar-refractivity contribution in [2.45, 2.75) is 18.7 Å². The molecular formula is C11H8F3N3O4. The van der Waals surface area contributed by atoms with E-state index >= 15 is 0 Å². The number of nitrogens with one attached hydrogen (secondary N) is 1. The topological polar surface area (TPSA) is 123 Å². The minimum atomic E-state index is -4.88. The fraction of sp³-hybridized carbons (Fsp3) is 0.273. The van der Waals surface area contributed by atoms with Crippen LogP contribution < -0.4 is 5.32 Å². The van der Waals surface area contributed by atoms with Crippen LogP contribution in [0.4, 0.5) is 18.9 Å². The second-order valence-corrected chi connectivity index (χ2v) is 4.06. The number of nitrogens with zero attached hydrogens (tertiary/aromatic N) is 2. The average molecular weight is 303 g/mol. The molecule has 0 saturated heterocycles. The standard InChI is InChI=1S/C11H8F3N3O4/c1-10(21,9(19)20)8(18)17-5-2-6(11(12,13)14)7(3-15)16-4-5/h2,4,21H,1H3,(H,17,18)(H,19,20)/t10-/m0/s1. The van der Waals surface area contributed by atoms with Crippen LogP contribution in [0.1, 0.15) is 18.2 Å². The number of pyridine rings is 1. The maximum Gasteiger partial charge on any atom is 0.419 e. The summed E-state index contributed by atoms with van der Waals surface area (Å²) in [6.07, 6.45) is -4.14. The Morgan fingerprint density at radius 2 is 2.00 bits per heavy atom. The number of hydrogen-bond donors (Lipinski definition) is 3. The Bertz CT molecular complexity index is 635. The van der Waals surface area contributed by atoms with Crippen LogP contribution in [0.15, 0.2) is 12.3 Å². The third-order valence-electron chi connectivity index (χ3n) is 2.42. The van der Waals surface area contributed by atoms with Gasteiger partial charge in [0.05, 0.1) is 17.4 Å². The lowest BCUT2D eigenvalue weighted by Gasteiger charge is -2.17. The first-order valence-electron chi connectivity index (χ1n) is 5.24. The van der Waals surface area contributed by atoms with Crippen molar-refractivity contribution < 1.29 is 33.0 Å². The number of carboxylic acid groups (broad SMARTS) is 1. The Labute approximate surface area is 115 Å². The molecule has 0 aliphatic heterocycles. The summed E-state index contributed by atoms with van der Waals surface area (Å²) in [5.74, 6) is -3.33. The van der Waals surface area contributed by atoms with Crippen molar-refractivity contribution in [1.29, 1.82) is 5.26 Å². The molecule has 1 rings (SSSR count). The summed E-state index contributed by atoms with van der Waals surface area (Å²) in [6, 6.07) is 1.66. The number of hydrogen-bond acceptors (Lipinski definition) is 5. The minimum Gasteiger partial charge on any atom is -0.479 e. The monoisotopic (exact) mass is 303 g/mol. The number of carbonyl (C=O) groups excluding carboxylic acids is 1. The largest absolute Gasteiger partial charge is 0.479 e. The van der Waals surface area contributed by atoms with Crippen LogP contribution in [0.5, 0.6) is 0 Å². The SMILES string of the molecule is C[C@@](O)(C(=O)O)C(=O)Nc1cnc(C#N)c(C(F)(F)F)c1. The van der Waals surface area contributed by atoms with E-state index in [0.29, 0.717) is 13.0 Å². The van der Waals surface area contributed by atoms with Crippen molar-refractivity contribution in [3.63, 3.8) is 0 Å². The van der Waals surface area contributed by atoms with Gasteiger partial charge in [0, 0.05) is 0 Å². The second-order valence-electron chi connectivity index (χ2n) is 4.06. The summed E-state index contributed by atoms with van der Waals surface area (Å²) in [6.45, 7) is 0.659. The minimum absolute atomic E-state index is 0.418. The van der Waals surface area contributed by atoms with E-state index in [0.717, 1.165) is 6.20 Å². The number of carboxylic acids is 1. The molecule has 10 heteroatoms. The van der Waals surface area contributed by atoms with E-state index in [9.17, 15) is 27.9 Å². The Balaban J connectivity index is 3.16. The van der Waals surface area contributed by atoms with E-state index in [1.54, 1.807) is 5.32 Å². The van der Waals surface area contributed by atoms with Crippen molar-refractivity contribution in [3.8, 4) is 6.07 Å². The van der Waals surface area contributed by atoms with Gasteiger partial charge in [-0.2, -0.15) is 18.4 Å². The van der Waals surface area contributed by atoms with Crippen LogP contribution in [0, 0.1) is 11.3 Å². The van der Waals surface area contributed by atoms with E-state index in [4.69, 9.17) is 10.4 Å². The summed E-state index contributed by atoms with van der Waals surface area (Å²) >= 11 is 0. The van der Waals surface area contributed by atoms with Crippen molar-refractivity contribution in [2.75, 3.05) is 5.32 Å². The van der Waals surface area contributed by atoms with Gasteiger partial charge in [-0.05, 0) is 13.0 Å². The lowest BCUT2D eigenvalue weighted by molar-refractivity contribution is -0.161. The molecule has 1 aromatic rings. The quantitative estimate of drug-likeness (QED) is 0.708. The zero-order chi connectivity index (χ0) is 16.4. The fourth-order valence-corrected chi connectivity index (χ4v) is 1.19. The third-order valence-corrected chi connectivity index (χ3v) is 2.42. The number of nitriles is 1. The number of alkyl halides is 3. The first-order valence-corrected chi connectivity index (χ1v) is 5.24. The number of aliphatic carboxylic acids is 1. The third kappa shape index (κ3) is 3.46. The number of aromatic nitrogens is 1. The van der Waals surface area contributed by atoms with Gasteiger partial charge < -0.3 is 15.5 Å². The van der Waals surface area contributed by atoms with Gasteiger partial charge in [-0.3, -0.25) is 4.79 Å². The highest BCUT2D eigenvalue weighted by Gasteiger charge is 2.40. The van der Waals surface area contributed by atoms with E-state index in [-0.39, 0.29) is 0 Å². The summed E-state index contributed by atoms with van der Waals surface area (Å²) in [4.78, 5) is 25.3. The van der Waals surface area contributed by atoms with Crippen molar-refractivity contribution in [3.05, 3.63) is 23.5 Å². The highest BCUT2D eigenvalue weighted by atomic mass is 19.4. The molecule has 0 aromatic carbocycles. The number of halogens is 3. The highest BCUT2D eigenvalue weighted by molar-refractivity contribution is 6.10. The molecule has 0 spiro atoms. The smallest absolute Gasteiger partial charge is 0.419 e. The van der Waals surface area contributed by atoms with Crippen molar-refractivity contribution in [2.24, 2.45) is 0 Å². The zero-order valence-electron chi connectivity index (χ0n) is 10.4. The van der Waals surface area contributed by atoms with Crippen LogP contribution in [-0.4, -0.2) is 32.7 Å². The molecule has 7 nitrogen and oxygen atoms in total. The summed E-state index contributed by atoms with van der Waals surface area (Å²) < 4.78 is 38.0. The molecule has 0 bridgehead atoms. The maximum atomic E-state index is 12.7. The number of aliphatic hydroxyl groups is 1. The molecule has 1 aromatic heterocycles. The molecule has 112 valence electrons. The van der Waals surface area contributed by atoms with Gasteiger partial charge in [0.1, 0.15) is 6.07 Å². The van der Waals surface area contributed by atoms with Gasteiger partial charge >= 0.3 is 12.1 Å². The first kappa shape index (κ1) is 16.4. The highest BCUT2D eigenvalue weighted by Crippen LogP contribution is 2.32. The average Bonchev–Trinajstić information content (AvgIpc) is 2.37. The molecule has 0 aliphatic rings. The van der Waals surface area contributed by atoms with E-state index in [1.165, 1.54) is 6.07 Å². The van der Waals surface area contributed by atoms with Crippen LogP contribution in [0.2, 0.25) is 0 Å². The van der Waals surface area contributed by atoms with Crippen LogP contribution in [-0.2, 0) is 15.8 Å². The molecule has 0 fully saturated rings. The van der Waals surface area contributed by atoms with Gasteiger partial charge in [-0.1, -0.05) is 0 Å². The number of rotatable bonds is 3. The van der Waals surface area contributed by atoms with Gasteiger partial charge in [-0.25, -0.2) is 9.78 Å². The van der Waals surface area contributed by atoms with Gasteiger partial charge in [-0.15, -0.1) is 0 Å². The molecule has 21 heavy (non-hydrogen) atoms. The molecule has 0 unspecified atom stereocenters. The number of anilines is 1. The predicted molar refractivity (Wildman–Crippen MR) is 60.8 cm³/mol. The number of amides is 1. The Morgan fingerprint density at radius 1 is 1.43 bits per heavy atom. The lowest BCUT2D eigenvalue weighted by Crippen LogP contribution is -2.47. The van der Waals surface area contributed by atoms with Gasteiger partial charge in [0.25, 0.3) is 5.91 Å². The Hall–Kier alpha value is -2.67. The lowest BCUT2D eigenvalue weighted by atomic mass is 10.1. The predicted octanol–water partition coefficient (Wildman–Crippen LogP) is 0.746. The molecule has 0 saturated carbocycles. The number of carbonyl (C=O) groups is 2. The van der Waals surface area contributed by atoms with Crippen LogP contribution in [0.25, 0.3) is 0 Å². The molecule has 0 radical (unpaired) electrons. The zero-order valence-corrected chi connectivity index (χ0v) is 10.4. The van der Waals surface area contributed by atoms with E-state index in [1.807, 2.05) is 0 Å².